The number of carbonyl (C=O) groups excluding carboxylic acids is 1. The van der Waals surface area contributed by atoms with E-state index in [1.807, 2.05) is 18.2 Å². The van der Waals surface area contributed by atoms with Crippen molar-refractivity contribution in [2.75, 3.05) is 18.5 Å². The van der Waals surface area contributed by atoms with Crippen LogP contribution in [0.4, 0.5) is 10.8 Å². The Balaban J connectivity index is 1.37. The molecule has 0 spiro atoms. The average Bonchev–Trinajstić information content (AvgIpc) is 3.20. The lowest BCUT2D eigenvalue weighted by Gasteiger charge is -2.18. The summed E-state index contributed by atoms with van der Waals surface area (Å²) >= 11 is 1.28. The number of hydrogen-bond acceptors (Lipinski definition) is 7. The van der Waals surface area contributed by atoms with Gasteiger partial charge in [-0.3, -0.25) is 14.9 Å². The molecule has 0 fully saturated rings. The molecule has 0 unspecified atom stereocenters. The van der Waals surface area contributed by atoms with Crippen molar-refractivity contribution in [1.82, 2.24) is 4.98 Å². The van der Waals surface area contributed by atoms with Gasteiger partial charge in [-0.05, 0) is 31.0 Å². The summed E-state index contributed by atoms with van der Waals surface area (Å²) in [7, 11) is 0. The maximum atomic E-state index is 12.3. The lowest BCUT2D eigenvalue weighted by molar-refractivity contribution is -0.385. The van der Waals surface area contributed by atoms with Crippen LogP contribution in [-0.4, -0.2) is 29.0 Å². The summed E-state index contributed by atoms with van der Waals surface area (Å²) in [5.74, 6) is 1.28. The highest BCUT2D eigenvalue weighted by Gasteiger charge is 2.15. The monoisotopic (exact) mass is 425 g/mol. The number of aryl methyl sites for hydroxylation is 2. The maximum Gasteiger partial charge on any atom is 0.272 e. The van der Waals surface area contributed by atoms with Crippen molar-refractivity contribution >= 4 is 28.1 Å². The highest BCUT2D eigenvalue weighted by molar-refractivity contribution is 7.14. The molecule has 2 aromatic carbocycles. The van der Waals surface area contributed by atoms with E-state index >= 15 is 0 Å². The molecule has 4 rings (SSSR count). The van der Waals surface area contributed by atoms with Crippen molar-refractivity contribution < 1.29 is 19.2 Å². The van der Waals surface area contributed by atoms with Crippen molar-refractivity contribution in [3.8, 4) is 22.8 Å². The second-order valence-corrected chi connectivity index (χ2v) is 7.68. The summed E-state index contributed by atoms with van der Waals surface area (Å²) in [6.45, 7) is 2.75. The molecule has 154 valence electrons. The lowest BCUT2D eigenvalue weighted by atomic mass is 10.1. The molecule has 0 atom stereocenters. The summed E-state index contributed by atoms with van der Waals surface area (Å²) in [6.07, 6.45) is 0.857. The van der Waals surface area contributed by atoms with Gasteiger partial charge in [-0.2, -0.15) is 0 Å². The van der Waals surface area contributed by atoms with Gasteiger partial charge in [0.05, 0.1) is 10.6 Å². The number of nitrogens with zero attached hydrogens (tertiary/aromatic N) is 2. The van der Waals surface area contributed by atoms with E-state index in [1.54, 1.807) is 24.4 Å². The Morgan fingerprint density at radius 2 is 2.00 bits per heavy atom. The van der Waals surface area contributed by atoms with Crippen molar-refractivity contribution in [3.05, 3.63) is 63.0 Å². The summed E-state index contributed by atoms with van der Waals surface area (Å²) in [5.41, 5.74) is 2.85. The summed E-state index contributed by atoms with van der Waals surface area (Å²) in [5, 5.41) is 16.2. The zero-order valence-electron chi connectivity index (χ0n) is 16.2. The second kappa shape index (κ2) is 8.50. The van der Waals surface area contributed by atoms with E-state index in [0.29, 0.717) is 53.8 Å². The van der Waals surface area contributed by atoms with E-state index in [0.717, 1.165) is 11.3 Å². The number of hydrogen-bond donors (Lipinski definition) is 1. The molecule has 1 aromatic heterocycles. The first kappa shape index (κ1) is 19.8. The van der Waals surface area contributed by atoms with Crippen LogP contribution in [0.2, 0.25) is 0 Å². The number of anilines is 1. The number of aromatic nitrogens is 1. The summed E-state index contributed by atoms with van der Waals surface area (Å²) in [6, 6.07) is 10.6. The van der Waals surface area contributed by atoms with Crippen molar-refractivity contribution in [2.45, 2.75) is 19.8 Å². The smallest absolute Gasteiger partial charge is 0.272 e. The molecule has 9 heteroatoms. The van der Waals surface area contributed by atoms with E-state index in [1.165, 1.54) is 17.4 Å². The van der Waals surface area contributed by atoms with Gasteiger partial charge in [0.2, 0.25) is 5.91 Å². The lowest BCUT2D eigenvalue weighted by Crippen LogP contribution is -2.15. The number of amides is 1. The third-order valence-corrected chi connectivity index (χ3v) is 5.46. The molecule has 0 bridgehead atoms. The number of ether oxygens (including phenoxy) is 2. The molecule has 1 aliphatic heterocycles. The van der Waals surface area contributed by atoms with Crippen molar-refractivity contribution in [1.29, 1.82) is 0 Å². The number of benzene rings is 2. The van der Waals surface area contributed by atoms with Crippen LogP contribution in [0.25, 0.3) is 11.3 Å². The number of nitro benzene ring substituents is 1. The average molecular weight is 425 g/mol. The predicted octanol–water partition coefficient (Wildman–Crippen LogP) is 4.37. The van der Waals surface area contributed by atoms with Crippen LogP contribution in [-0.2, 0) is 11.2 Å². The van der Waals surface area contributed by atoms with Crippen molar-refractivity contribution in [2.24, 2.45) is 0 Å². The number of nitrogens with one attached hydrogen (secondary N) is 1. The van der Waals surface area contributed by atoms with Gasteiger partial charge in [0.15, 0.2) is 16.6 Å². The first-order valence-electron chi connectivity index (χ1n) is 9.39. The van der Waals surface area contributed by atoms with Gasteiger partial charge in [-0.25, -0.2) is 4.98 Å². The molecule has 1 aliphatic rings. The fraction of sp³-hybridized carbons (Fsp3) is 0.238. The molecule has 0 saturated carbocycles. The number of fused-ring (bicyclic) bond motifs is 1. The highest BCUT2D eigenvalue weighted by Crippen LogP contribution is 2.31. The second-order valence-electron chi connectivity index (χ2n) is 6.82. The quantitative estimate of drug-likeness (QED) is 0.465. The van der Waals surface area contributed by atoms with Gasteiger partial charge in [0.25, 0.3) is 5.69 Å². The van der Waals surface area contributed by atoms with Crippen molar-refractivity contribution in [3.63, 3.8) is 0 Å². The largest absolute Gasteiger partial charge is 0.486 e. The molecular weight excluding hydrogens is 406 g/mol. The Morgan fingerprint density at radius 3 is 2.80 bits per heavy atom. The Bertz CT molecular complexity index is 1110. The van der Waals surface area contributed by atoms with Crippen LogP contribution in [0.15, 0.2) is 41.8 Å². The molecule has 0 aliphatic carbocycles. The van der Waals surface area contributed by atoms with E-state index in [9.17, 15) is 14.9 Å². The molecule has 0 radical (unpaired) electrons. The van der Waals surface area contributed by atoms with Crippen LogP contribution in [0, 0.1) is 17.0 Å². The Labute approximate surface area is 176 Å². The fourth-order valence-electron chi connectivity index (χ4n) is 3.11. The van der Waals surface area contributed by atoms with E-state index in [-0.39, 0.29) is 11.6 Å². The Morgan fingerprint density at radius 1 is 1.20 bits per heavy atom. The van der Waals surface area contributed by atoms with Gasteiger partial charge in [-0.1, -0.05) is 18.2 Å². The minimum absolute atomic E-state index is 0.0468. The van der Waals surface area contributed by atoms with Gasteiger partial charge in [-0.15, -0.1) is 11.3 Å². The third-order valence-electron chi connectivity index (χ3n) is 4.70. The number of carbonyl (C=O) groups is 1. The van der Waals surface area contributed by atoms with Gasteiger partial charge in [0.1, 0.15) is 13.2 Å². The Kier molecular flexibility index (Phi) is 5.62. The van der Waals surface area contributed by atoms with Gasteiger partial charge >= 0.3 is 0 Å². The van der Waals surface area contributed by atoms with Crippen LogP contribution >= 0.6 is 11.3 Å². The summed E-state index contributed by atoms with van der Waals surface area (Å²) < 4.78 is 11.1. The zero-order valence-corrected chi connectivity index (χ0v) is 17.0. The third kappa shape index (κ3) is 4.41. The minimum atomic E-state index is -0.411. The molecule has 2 heterocycles. The van der Waals surface area contributed by atoms with Crippen LogP contribution in [0.5, 0.6) is 11.5 Å². The minimum Gasteiger partial charge on any atom is -0.486 e. The highest BCUT2D eigenvalue weighted by atomic mass is 32.1. The van der Waals surface area contributed by atoms with Gasteiger partial charge in [0, 0.05) is 29.0 Å². The van der Waals surface area contributed by atoms with E-state index in [4.69, 9.17) is 9.47 Å². The standard InChI is InChI=1S/C21H19N3O5S/c1-13-2-5-15(11-17(13)24(26)27)16-12-30-21(22-16)23-20(25)7-4-14-3-6-18-19(10-14)29-9-8-28-18/h2-3,5-6,10-12H,4,7-9H2,1H3,(H,22,23,25). The fourth-order valence-corrected chi connectivity index (χ4v) is 3.85. The number of rotatable bonds is 6. The topological polar surface area (TPSA) is 104 Å². The van der Waals surface area contributed by atoms with E-state index < -0.39 is 4.92 Å². The molecular formula is C21H19N3O5S. The molecule has 3 aromatic rings. The first-order valence-corrected chi connectivity index (χ1v) is 10.3. The zero-order chi connectivity index (χ0) is 21.1. The summed E-state index contributed by atoms with van der Waals surface area (Å²) in [4.78, 5) is 27.4. The molecule has 1 amide bonds. The van der Waals surface area contributed by atoms with Crippen LogP contribution in [0.3, 0.4) is 0 Å². The normalized spacial score (nSPS) is 12.4. The van der Waals surface area contributed by atoms with Crippen LogP contribution < -0.4 is 14.8 Å². The SMILES string of the molecule is Cc1ccc(-c2csc(NC(=O)CCc3ccc4c(c3)OCCO4)n2)cc1[N+](=O)[O-]. The maximum absolute atomic E-state index is 12.3. The molecule has 1 N–H and O–H groups in total. The number of thiazole rings is 1. The first-order chi connectivity index (χ1) is 14.5. The number of nitro groups is 1. The van der Waals surface area contributed by atoms with Gasteiger partial charge < -0.3 is 14.8 Å². The van der Waals surface area contributed by atoms with Crippen LogP contribution in [0.1, 0.15) is 17.5 Å². The molecule has 30 heavy (non-hydrogen) atoms. The molecule has 8 nitrogen and oxygen atoms in total. The van der Waals surface area contributed by atoms with E-state index in [2.05, 4.69) is 10.3 Å². The molecule has 0 saturated heterocycles. The predicted molar refractivity (Wildman–Crippen MR) is 113 cm³/mol. The Hall–Kier alpha value is -3.46.